The van der Waals surface area contributed by atoms with Gasteiger partial charge >= 0.3 is 0 Å². The van der Waals surface area contributed by atoms with Gasteiger partial charge in [-0.15, -0.1) is 0 Å². The van der Waals surface area contributed by atoms with E-state index in [1.54, 1.807) is 6.20 Å². The van der Waals surface area contributed by atoms with Crippen molar-refractivity contribution in [1.29, 1.82) is 0 Å². The fourth-order valence-electron chi connectivity index (χ4n) is 10.6. The Morgan fingerprint density at radius 1 is 0.851 bits per heavy atom. The predicted octanol–water partition coefficient (Wildman–Crippen LogP) is 0.772. The van der Waals surface area contributed by atoms with Crippen molar-refractivity contribution in [3.63, 3.8) is 0 Å². The van der Waals surface area contributed by atoms with Crippen LogP contribution in [0.25, 0.3) is 0 Å². The second-order valence-corrected chi connectivity index (χ2v) is 15.3. The molecule has 11 nitrogen and oxygen atoms in total. The Balaban J connectivity index is 1.05. The number of nitrogens with one attached hydrogen (secondary N) is 2. The molecule has 11 unspecified atom stereocenters. The van der Waals surface area contributed by atoms with Gasteiger partial charge in [-0.05, 0) is 43.9 Å². The van der Waals surface area contributed by atoms with Crippen LogP contribution in [-0.2, 0) is 28.6 Å². The van der Waals surface area contributed by atoms with E-state index in [2.05, 4.69) is 25.3 Å². The van der Waals surface area contributed by atoms with Crippen LogP contribution in [0.4, 0.5) is 4.39 Å². The van der Waals surface area contributed by atoms with Crippen molar-refractivity contribution in [2.24, 2.45) is 29.6 Å². The van der Waals surface area contributed by atoms with E-state index in [1.807, 2.05) is 0 Å². The third-order valence-electron chi connectivity index (χ3n) is 12.9. The van der Waals surface area contributed by atoms with Crippen LogP contribution in [0.5, 0.6) is 0 Å². The summed E-state index contributed by atoms with van der Waals surface area (Å²) in [7, 11) is 0. The van der Waals surface area contributed by atoms with Gasteiger partial charge in [-0.1, -0.05) is 12.8 Å². The highest BCUT2D eigenvalue weighted by molar-refractivity contribution is 6.20. The molecule has 2 N–H and O–H groups in total. The quantitative estimate of drug-likeness (QED) is 0.363. The molecule has 0 bridgehead atoms. The number of halogens is 1. The van der Waals surface area contributed by atoms with Crippen LogP contribution in [0.15, 0.2) is 11.8 Å². The molecule has 0 aromatic rings. The Kier molecular flexibility index (Phi) is 9.43. The first-order valence-corrected chi connectivity index (χ1v) is 18.5. The first-order chi connectivity index (χ1) is 23.0. The molecule has 8 rings (SSSR count). The Morgan fingerprint density at radius 2 is 1.55 bits per heavy atom. The van der Waals surface area contributed by atoms with E-state index in [9.17, 15) is 14.4 Å². The molecule has 12 heteroatoms. The molecule has 0 spiro atoms. The number of fused-ring (bicyclic) bond motifs is 5. The lowest BCUT2D eigenvalue weighted by Gasteiger charge is -2.60. The zero-order valence-corrected chi connectivity index (χ0v) is 27.5. The van der Waals surface area contributed by atoms with Gasteiger partial charge in [0.1, 0.15) is 12.0 Å². The number of hydrogen-bond donors (Lipinski definition) is 2. The highest BCUT2D eigenvalue weighted by Crippen LogP contribution is 2.55. The van der Waals surface area contributed by atoms with Gasteiger partial charge in [-0.3, -0.25) is 24.2 Å². The Bertz CT molecular complexity index is 1220. The van der Waals surface area contributed by atoms with Crippen molar-refractivity contribution >= 4 is 17.5 Å². The summed E-state index contributed by atoms with van der Waals surface area (Å²) in [5, 5.41) is 6.50. The number of amides is 1. The number of ether oxygens (including phenoxy) is 3. The molecule has 4 aliphatic carbocycles. The topological polar surface area (TPSA) is 113 Å². The molecule has 11 atom stereocenters. The van der Waals surface area contributed by atoms with Gasteiger partial charge < -0.3 is 29.7 Å². The molecule has 1 amide bonds. The van der Waals surface area contributed by atoms with E-state index in [-0.39, 0.29) is 53.7 Å². The van der Waals surface area contributed by atoms with Gasteiger partial charge in [-0.25, -0.2) is 4.39 Å². The highest BCUT2D eigenvalue weighted by atomic mass is 19.1. The Morgan fingerprint density at radius 3 is 2.30 bits per heavy atom. The molecule has 8 aliphatic rings. The molecule has 0 aromatic carbocycles. The van der Waals surface area contributed by atoms with Gasteiger partial charge in [0.2, 0.25) is 0 Å². The summed E-state index contributed by atoms with van der Waals surface area (Å²) in [5.41, 5.74) is 0.138. The SMILES string of the molecule is O=C(NCCN1CCOCC1)C1=CN2C3CC4C(CC3OC3C(NCCN5CCOCC5)C(F)CC(C1=O)C32)C(=O)C1CCCCC14. The molecule has 4 heterocycles. The minimum absolute atomic E-state index is 0.00690. The number of carbonyl (C=O) groups excluding carboxylic acids is 3. The van der Waals surface area contributed by atoms with Crippen LogP contribution in [-0.4, -0.2) is 147 Å². The summed E-state index contributed by atoms with van der Waals surface area (Å²) < 4.78 is 34.1. The number of ketones is 2. The molecule has 0 aromatic heterocycles. The third kappa shape index (κ3) is 6.09. The van der Waals surface area contributed by atoms with Crippen molar-refractivity contribution in [2.75, 3.05) is 78.8 Å². The number of hydrogen-bond acceptors (Lipinski definition) is 10. The lowest BCUT2D eigenvalue weighted by atomic mass is 9.66. The maximum absolute atomic E-state index is 16.2. The largest absolute Gasteiger partial charge is 0.379 e. The molecule has 4 aliphatic heterocycles. The fourth-order valence-corrected chi connectivity index (χ4v) is 10.6. The number of alkyl halides is 1. The van der Waals surface area contributed by atoms with Crippen LogP contribution in [0.2, 0.25) is 0 Å². The molecular weight excluding hydrogens is 605 g/mol. The van der Waals surface area contributed by atoms with Crippen LogP contribution < -0.4 is 10.6 Å². The zero-order chi connectivity index (χ0) is 32.1. The van der Waals surface area contributed by atoms with E-state index in [0.717, 1.165) is 58.4 Å². The monoisotopic (exact) mass is 657 g/mol. The van der Waals surface area contributed by atoms with Crippen molar-refractivity contribution in [3.05, 3.63) is 11.8 Å². The van der Waals surface area contributed by atoms with Crippen LogP contribution in [0.1, 0.15) is 44.9 Å². The first kappa shape index (κ1) is 32.3. The Hall–Kier alpha value is -1.96. The van der Waals surface area contributed by atoms with Crippen molar-refractivity contribution in [2.45, 2.75) is 81.5 Å². The third-order valence-corrected chi connectivity index (χ3v) is 12.9. The van der Waals surface area contributed by atoms with Crippen molar-refractivity contribution in [1.82, 2.24) is 25.3 Å². The minimum Gasteiger partial charge on any atom is -0.379 e. The molecule has 260 valence electrons. The lowest BCUT2D eigenvalue weighted by molar-refractivity contribution is -0.206. The summed E-state index contributed by atoms with van der Waals surface area (Å²) in [6.45, 7) is 8.70. The number of nitrogens with zero attached hydrogens (tertiary/aromatic N) is 3. The molecular formula is C35H52FN5O6. The van der Waals surface area contributed by atoms with Crippen LogP contribution >= 0.6 is 0 Å². The van der Waals surface area contributed by atoms with E-state index in [0.29, 0.717) is 70.1 Å². The number of carbonyl (C=O) groups is 3. The minimum atomic E-state index is -1.29. The molecule has 0 radical (unpaired) electrons. The lowest BCUT2D eigenvalue weighted by Crippen LogP contribution is -2.73. The highest BCUT2D eigenvalue weighted by Gasteiger charge is 2.62. The van der Waals surface area contributed by atoms with Gasteiger partial charge in [0.15, 0.2) is 5.78 Å². The number of Topliss-reactive ketones (excluding diaryl/α,β-unsaturated/α-hetero) is 2. The van der Waals surface area contributed by atoms with Crippen LogP contribution in [0, 0.1) is 29.6 Å². The van der Waals surface area contributed by atoms with E-state index >= 15 is 4.39 Å². The maximum atomic E-state index is 16.2. The summed E-state index contributed by atoms with van der Waals surface area (Å²) in [4.78, 5) is 48.2. The van der Waals surface area contributed by atoms with Crippen molar-refractivity contribution < 1.29 is 33.0 Å². The van der Waals surface area contributed by atoms with E-state index in [4.69, 9.17) is 14.2 Å². The van der Waals surface area contributed by atoms with Crippen molar-refractivity contribution in [3.8, 4) is 0 Å². The summed E-state index contributed by atoms with van der Waals surface area (Å²) in [6.07, 6.45) is 5.66. The molecule has 47 heavy (non-hydrogen) atoms. The summed E-state index contributed by atoms with van der Waals surface area (Å²) in [6, 6.07) is -0.939. The average molecular weight is 658 g/mol. The number of rotatable bonds is 8. The van der Waals surface area contributed by atoms with Gasteiger partial charge in [0.25, 0.3) is 5.91 Å². The second kappa shape index (κ2) is 13.7. The molecule has 3 saturated heterocycles. The standard InChI is InChI=1S/C35H52FN5O6/c36-27-17-25-31-34(30(27)37-5-7-39-9-13-45-14-10-39)47-29-19-24-23(21-3-1-2-4-22(21)32(24)42)18-28(29)41(31)20-26(33(25)43)35(44)38-6-8-40-11-15-46-16-12-40/h20-25,27-31,34,37H,1-19H2,(H,38,44). The fraction of sp³-hybridized carbons (Fsp3) is 0.857. The maximum Gasteiger partial charge on any atom is 0.256 e. The van der Waals surface area contributed by atoms with Gasteiger partial charge in [-0.2, -0.15) is 0 Å². The molecule has 7 fully saturated rings. The summed E-state index contributed by atoms with van der Waals surface area (Å²) >= 11 is 0. The number of morpholine rings is 3. The van der Waals surface area contributed by atoms with Gasteiger partial charge in [0, 0.05) is 76.3 Å². The zero-order valence-electron chi connectivity index (χ0n) is 27.5. The smallest absolute Gasteiger partial charge is 0.256 e. The normalized spacial score (nSPS) is 42.2. The Labute approximate surface area is 277 Å². The van der Waals surface area contributed by atoms with Crippen LogP contribution in [0.3, 0.4) is 0 Å². The summed E-state index contributed by atoms with van der Waals surface area (Å²) in [5.74, 6) is 0.00253. The average Bonchev–Trinajstić information content (AvgIpc) is 3.37. The van der Waals surface area contributed by atoms with E-state index < -0.39 is 24.2 Å². The predicted molar refractivity (Wildman–Crippen MR) is 170 cm³/mol. The molecule has 4 saturated carbocycles. The second-order valence-electron chi connectivity index (χ2n) is 15.3. The van der Waals surface area contributed by atoms with Gasteiger partial charge in [0.05, 0.1) is 62.3 Å². The van der Waals surface area contributed by atoms with E-state index in [1.165, 1.54) is 6.42 Å². The first-order valence-electron chi connectivity index (χ1n) is 18.5.